The molecule has 0 aromatic heterocycles. The minimum absolute atomic E-state index is 0.507. The molecule has 0 aliphatic carbocycles. The van der Waals surface area contributed by atoms with Gasteiger partial charge in [0.25, 0.3) is 5.69 Å². The van der Waals surface area contributed by atoms with Gasteiger partial charge in [0.1, 0.15) is 12.2 Å². The topological polar surface area (TPSA) is 92.5 Å². The monoisotopic (exact) mass is 232 g/mol. The van der Waals surface area contributed by atoms with Crippen LogP contribution in [0.25, 0.3) is 0 Å². The van der Waals surface area contributed by atoms with E-state index in [9.17, 15) is 23.7 Å². The Balaban J connectivity index is 3.03. The number of nitro benzene ring substituents is 1. The van der Waals surface area contributed by atoms with Gasteiger partial charge in [-0.25, -0.2) is 8.78 Å². The van der Waals surface area contributed by atoms with E-state index in [0.717, 1.165) is 0 Å². The van der Waals surface area contributed by atoms with E-state index in [1.54, 1.807) is 0 Å². The van der Waals surface area contributed by atoms with Crippen LogP contribution in [-0.4, -0.2) is 22.5 Å². The molecule has 16 heavy (non-hydrogen) atoms. The summed E-state index contributed by atoms with van der Waals surface area (Å²) in [7, 11) is 0. The third-order valence-electron chi connectivity index (χ3n) is 1.65. The van der Waals surface area contributed by atoms with Crippen molar-refractivity contribution in [3.63, 3.8) is 0 Å². The summed E-state index contributed by atoms with van der Waals surface area (Å²) in [5, 5.41) is 20.5. The second-order valence-electron chi connectivity index (χ2n) is 2.79. The fourth-order valence-electron chi connectivity index (χ4n) is 0.998. The van der Waals surface area contributed by atoms with Crippen molar-refractivity contribution in [3.05, 3.63) is 33.9 Å². The molecule has 86 valence electrons. The van der Waals surface area contributed by atoms with Gasteiger partial charge in [-0.15, -0.1) is 0 Å². The molecule has 0 bridgehead atoms. The predicted octanol–water partition coefficient (Wildman–Crippen LogP) is 1.37. The molecule has 0 amide bonds. The molecule has 0 radical (unpaired) electrons. The van der Waals surface area contributed by atoms with Gasteiger partial charge in [-0.1, -0.05) is 0 Å². The van der Waals surface area contributed by atoms with Crippen LogP contribution in [0.4, 0.5) is 20.2 Å². The van der Waals surface area contributed by atoms with Crippen LogP contribution in [-0.2, 0) is 4.79 Å². The number of hydrogen-bond donors (Lipinski definition) is 2. The highest BCUT2D eigenvalue weighted by Crippen LogP contribution is 2.24. The van der Waals surface area contributed by atoms with Crippen LogP contribution in [0.15, 0.2) is 12.1 Å². The predicted molar refractivity (Wildman–Crippen MR) is 49.1 cm³/mol. The number of aliphatic carboxylic acids is 1. The first-order chi connectivity index (χ1) is 7.41. The lowest BCUT2D eigenvalue weighted by Gasteiger charge is -2.05. The van der Waals surface area contributed by atoms with Crippen LogP contribution in [0.3, 0.4) is 0 Å². The van der Waals surface area contributed by atoms with Crippen LogP contribution < -0.4 is 5.32 Å². The Labute approximate surface area is 87.7 Å². The van der Waals surface area contributed by atoms with Crippen molar-refractivity contribution in [2.24, 2.45) is 0 Å². The summed E-state index contributed by atoms with van der Waals surface area (Å²) in [4.78, 5) is 19.4. The van der Waals surface area contributed by atoms with Crippen molar-refractivity contribution < 1.29 is 23.6 Å². The number of nitrogens with zero attached hydrogens (tertiary/aromatic N) is 1. The van der Waals surface area contributed by atoms with Gasteiger partial charge in [0.2, 0.25) is 0 Å². The Bertz CT molecular complexity index is 427. The summed E-state index contributed by atoms with van der Waals surface area (Å²) < 4.78 is 26.2. The van der Waals surface area contributed by atoms with Crippen molar-refractivity contribution >= 4 is 17.3 Å². The molecule has 1 rings (SSSR count). The van der Waals surface area contributed by atoms with Crippen LogP contribution in [0.1, 0.15) is 0 Å². The van der Waals surface area contributed by atoms with E-state index in [-0.39, 0.29) is 0 Å². The van der Waals surface area contributed by atoms with E-state index in [4.69, 9.17) is 5.11 Å². The van der Waals surface area contributed by atoms with Crippen molar-refractivity contribution in [2.45, 2.75) is 0 Å². The number of nitro groups is 1. The van der Waals surface area contributed by atoms with Crippen molar-refractivity contribution in [3.8, 4) is 0 Å². The van der Waals surface area contributed by atoms with E-state index in [1.807, 2.05) is 5.32 Å². The highest BCUT2D eigenvalue weighted by molar-refractivity contribution is 5.73. The molecular formula is C8H6F2N2O4. The minimum atomic E-state index is -1.31. The molecule has 0 saturated heterocycles. The summed E-state index contributed by atoms with van der Waals surface area (Å²) in [5.74, 6) is -3.74. The van der Waals surface area contributed by atoms with E-state index >= 15 is 0 Å². The fraction of sp³-hybridized carbons (Fsp3) is 0.125. The van der Waals surface area contributed by atoms with Crippen molar-refractivity contribution in [1.82, 2.24) is 0 Å². The average Bonchev–Trinajstić information content (AvgIpc) is 2.15. The Morgan fingerprint density at radius 3 is 2.31 bits per heavy atom. The standard InChI is InChI=1S/C8H6F2N2O4/c9-5-1-4(12(15)16)2-6(10)8(5)11-3-7(13)14/h1-2,11H,3H2,(H,13,14). The molecule has 0 aliphatic rings. The highest BCUT2D eigenvalue weighted by Gasteiger charge is 2.17. The third kappa shape index (κ3) is 2.62. The summed E-state index contributed by atoms with van der Waals surface area (Å²) >= 11 is 0. The van der Waals surface area contributed by atoms with E-state index in [0.29, 0.717) is 12.1 Å². The second kappa shape index (κ2) is 4.51. The molecule has 0 heterocycles. The maximum atomic E-state index is 13.1. The Morgan fingerprint density at radius 2 is 1.94 bits per heavy atom. The van der Waals surface area contributed by atoms with Crippen LogP contribution in [0.2, 0.25) is 0 Å². The Hall–Kier alpha value is -2.25. The molecule has 0 fully saturated rings. The number of non-ortho nitro benzene ring substituents is 1. The number of halogens is 2. The highest BCUT2D eigenvalue weighted by atomic mass is 19.1. The number of carboxylic acid groups (broad SMARTS) is 1. The van der Waals surface area contributed by atoms with Crippen LogP contribution >= 0.6 is 0 Å². The molecule has 8 heteroatoms. The van der Waals surface area contributed by atoms with E-state index < -0.39 is 40.4 Å². The third-order valence-corrected chi connectivity index (χ3v) is 1.65. The number of rotatable bonds is 4. The minimum Gasteiger partial charge on any atom is -0.480 e. The maximum Gasteiger partial charge on any atom is 0.322 e. The smallest absolute Gasteiger partial charge is 0.322 e. The first-order valence-corrected chi connectivity index (χ1v) is 4.01. The fourth-order valence-corrected chi connectivity index (χ4v) is 0.998. The molecule has 0 spiro atoms. The first kappa shape index (κ1) is 11.8. The quantitative estimate of drug-likeness (QED) is 0.604. The molecule has 1 aromatic carbocycles. The molecule has 6 nitrogen and oxygen atoms in total. The van der Waals surface area contributed by atoms with E-state index in [1.165, 1.54) is 0 Å². The van der Waals surface area contributed by atoms with Crippen LogP contribution in [0, 0.1) is 21.7 Å². The van der Waals surface area contributed by atoms with Gasteiger partial charge in [0.05, 0.1) is 17.1 Å². The number of hydrogen-bond acceptors (Lipinski definition) is 4. The van der Waals surface area contributed by atoms with Gasteiger partial charge in [-0.3, -0.25) is 14.9 Å². The van der Waals surface area contributed by atoms with Crippen molar-refractivity contribution in [1.29, 1.82) is 0 Å². The normalized spacial score (nSPS) is 9.88. The zero-order chi connectivity index (χ0) is 12.3. The molecule has 1 aromatic rings. The summed E-state index contributed by atoms with van der Waals surface area (Å²) in [6.45, 7) is -0.689. The van der Waals surface area contributed by atoms with Gasteiger partial charge in [0.15, 0.2) is 11.6 Å². The lowest BCUT2D eigenvalue weighted by atomic mass is 10.2. The molecule has 0 unspecified atom stereocenters. The van der Waals surface area contributed by atoms with Gasteiger partial charge in [0, 0.05) is 0 Å². The zero-order valence-corrected chi connectivity index (χ0v) is 7.74. The van der Waals surface area contributed by atoms with Gasteiger partial charge in [-0.2, -0.15) is 0 Å². The molecular weight excluding hydrogens is 226 g/mol. The summed E-state index contributed by atoms with van der Waals surface area (Å²) in [6.07, 6.45) is 0. The molecule has 0 aliphatic heterocycles. The zero-order valence-electron chi connectivity index (χ0n) is 7.74. The first-order valence-electron chi connectivity index (χ1n) is 4.01. The van der Waals surface area contributed by atoms with Gasteiger partial charge >= 0.3 is 5.97 Å². The molecule has 2 N–H and O–H groups in total. The average molecular weight is 232 g/mol. The van der Waals surface area contributed by atoms with Crippen LogP contribution in [0.5, 0.6) is 0 Å². The lowest BCUT2D eigenvalue weighted by Crippen LogP contribution is -2.14. The number of nitrogens with one attached hydrogen (secondary N) is 1. The largest absolute Gasteiger partial charge is 0.480 e. The molecule has 0 atom stereocenters. The Kier molecular flexibility index (Phi) is 3.33. The van der Waals surface area contributed by atoms with Gasteiger partial charge in [-0.05, 0) is 0 Å². The van der Waals surface area contributed by atoms with E-state index in [2.05, 4.69) is 0 Å². The summed E-state index contributed by atoms with van der Waals surface area (Å²) in [6, 6.07) is 1.01. The van der Waals surface area contributed by atoms with Crippen molar-refractivity contribution in [2.75, 3.05) is 11.9 Å². The number of carboxylic acids is 1. The number of anilines is 1. The Morgan fingerprint density at radius 1 is 1.44 bits per heavy atom. The second-order valence-corrected chi connectivity index (χ2v) is 2.79. The lowest BCUT2D eigenvalue weighted by molar-refractivity contribution is -0.385. The SMILES string of the molecule is O=C(O)CNc1c(F)cc([N+](=O)[O-])cc1F. The number of benzene rings is 1. The molecule has 0 saturated carbocycles. The number of carbonyl (C=O) groups is 1. The maximum absolute atomic E-state index is 13.1. The summed E-state index contributed by atoms with van der Waals surface area (Å²) in [5.41, 5.74) is -1.44. The van der Waals surface area contributed by atoms with Gasteiger partial charge < -0.3 is 10.4 Å².